The molecule has 0 spiro atoms. The number of hydrogen-bond donors (Lipinski definition) is 1. The minimum atomic E-state index is -3.68. The van der Waals surface area contributed by atoms with Crippen molar-refractivity contribution in [1.82, 2.24) is 4.31 Å². The van der Waals surface area contributed by atoms with Gasteiger partial charge in [0, 0.05) is 25.2 Å². The van der Waals surface area contributed by atoms with E-state index in [1.54, 1.807) is 32.9 Å². The highest BCUT2D eigenvalue weighted by atomic mass is 32.2. The first-order valence-electron chi connectivity index (χ1n) is 8.33. The van der Waals surface area contributed by atoms with Crippen molar-refractivity contribution in [1.29, 1.82) is 0 Å². The zero-order valence-electron chi connectivity index (χ0n) is 15.1. The molecule has 0 heterocycles. The van der Waals surface area contributed by atoms with Gasteiger partial charge in [-0.2, -0.15) is 4.31 Å². The molecule has 24 heavy (non-hydrogen) atoms. The molecule has 0 bridgehead atoms. The Morgan fingerprint density at radius 2 is 1.83 bits per heavy atom. The summed E-state index contributed by atoms with van der Waals surface area (Å²) in [6, 6.07) is 4.71. The summed E-state index contributed by atoms with van der Waals surface area (Å²) in [4.78, 5) is 12.0. The number of nitrogens with one attached hydrogen (secondary N) is 1. The van der Waals surface area contributed by atoms with E-state index in [0.29, 0.717) is 37.6 Å². The Balaban J connectivity index is 3.25. The van der Waals surface area contributed by atoms with Gasteiger partial charge in [0.1, 0.15) is 10.6 Å². The molecule has 1 amide bonds. The lowest BCUT2D eigenvalue weighted by atomic mass is 10.1. The van der Waals surface area contributed by atoms with E-state index in [1.165, 1.54) is 10.4 Å². The SMILES string of the molecule is CCOc1ccc(NC(=O)CC(C)C)cc1S(=O)(=O)N(CC)CC. The maximum Gasteiger partial charge on any atom is 0.246 e. The number of carbonyl (C=O) groups excluding carboxylic acids is 1. The van der Waals surface area contributed by atoms with Gasteiger partial charge in [0.25, 0.3) is 0 Å². The first-order chi connectivity index (χ1) is 11.3. The van der Waals surface area contributed by atoms with Gasteiger partial charge in [-0.05, 0) is 31.0 Å². The average molecular weight is 356 g/mol. The van der Waals surface area contributed by atoms with Crippen molar-refractivity contribution in [3.8, 4) is 5.75 Å². The fourth-order valence-electron chi connectivity index (χ4n) is 2.35. The molecular weight excluding hydrogens is 328 g/mol. The molecule has 0 saturated heterocycles. The topological polar surface area (TPSA) is 75.7 Å². The lowest BCUT2D eigenvalue weighted by Gasteiger charge is -2.21. The summed E-state index contributed by atoms with van der Waals surface area (Å²) in [5.41, 5.74) is 0.454. The van der Waals surface area contributed by atoms with Crippen LogP contribution in [0.3, 0.4) is 0 Å². The maximum atomic E-state index is 12.8. The number of amides is 1. The van der Waals surface area contributed by atoms with E-state index in [2.05, 4.69) is 5.32 Å². The van der Waals surface area contributed by atoms with Crippen LogP contribution < -0.4 is 10.1 Å². The highest BCUT2D eigenvalue weighted by molar-refractivity contribution is 7.89. The van der Waals surface area contributed by atoms with Crippen molar-refractivity contribution >= 4 is 21.6 Å². The number of anilines is 1. The minimum Gasteiger partial charge on any atom is -0.492 e. The third kappa shape index (κ3) is 5.21. The normalized spacial score (nSPS) is 11.8. The van der Waals surface area contributed by atoms with Crippen molar-refractivity contribution in [2.24, 2.45) is 5.92 Å². The van der Waals surface area contributed by atoms with Gasteiger partial charge in [-0.15, -0.1) is 0 Å². The van der Waals surface area contributed by atoms with Gasteiger partial charge in [0.05, 0.1) is 6.61 Å². The second kappa shape index (κ2) is 9.03. The van der Waals surface area contributed by atoms with Crippen molar-refractivity contribution in [2.45, 2.75) is 45.9 Å². The minimum absolute atomic E-state index is 0.0791. The molecule has 0 atom stereocenters. The zero-order chi connectivity index (χ0) is 18.3. The van der Waals surface area contributed by atoms with Gasteiger partial charge in [-0.25, -0.2) is 8.42 Å². The molecule has 0 aliphatic heterocycles. The van der Waals surface area contributed by atoms with Crippen LogP contribution in [0.4, 0.5) is 5.69 Å². The van der Waals surface area contributed by atoms with Crippen molar-refractivity contribution in [2.75, 3.05) is 25.0 Å². The third-order valence-electron chi connectivity index (χ3n) is 3.44. The monoisotopic (exact) mass is 356 g/mol. The Morgan fingerprint density at radius 1 is 1.21 bits per heavy atom. The first kappa shape index (κ1) is 20.4. The summed E-state index contributed by atoms with van der Waals surface area (Å²) in [6.07, 6.45) is 0.380. The lowest BCUT2D eigenvalue weighted by molar-refractivity contribution is -0.116. The largest absolute Gasteiger partial charge is 0.492 e. The van der Waals surface area contributed by atoms with Gasteiger partial charge in [0.2, 0.25) is 15.9 Å². The standard InChI is InChI=1S/C17H28N2O4S/c1-6-19(7-2)24(21,22)16-12-14(9-10-15(16)23-8-3)18-17(20)11-13(4)5/h9-10,12-13H,6-8,11H2,1-5H3,(H,18,20). The summed E-state index contributed by atoms with van der Waals surface area (Å²) in [5, 5.41) is 2.75. The fourth-order valence-corrected chi connectivity index (χ4v) is 3.96. The highest BCUT2D eigenvalue weighted by Crippen LogP contribution is 2.30. The summed E-state index contributed by atoms with van der Waals surface area (Å²) < 4.78 is 32.5. The van der Waals surface area contributed by atoms with E-state index < -0.39 is 10.0 Å². The van der Waals surface area contributed by atoms with Gasteiger partial charge < -0.3 is 10.1 Å². The molecular formula is C17H28N2O4S. The first-order valence-corrected chi connectivity index (χ1v) is 9.77. The van der Waals surface area contributed by atoms with Crippen molar-refractivity contribution in [3.05, 3.63) is 18.2 Å². The molecule has 0 unspecified atom stereocenters. The van der Waals surface area contributed by atoms with E-state index in [-0.39, 0.29) is 16.7 Å². The fraction of sp³-hybridized carbons (Fsp3) is 0.588. The Labute approximate surface area is 145 Å². The molecule has 7 heteroatoms. The highest BCUT2D eigenvalue weighted by Gasteiger charge is 2.26. The summed E-state index contributed by atoms with van der Waals surface area (Å²) in [6.45, 7) is 10.4. The lowest BCUT2D eigenvalue weighted by Crippen LogP contribution is -2.31. The second-order valence-electron chi connectivity index (χ2n) is 5.83. The molecule has 1 N–H and O–H groups in total. The van der Waals surface area contributed by atoms with Gasteiger partial charge in [0.15, 0.2) is 0 Å². The summed E-state index contributed by atoms with van der Waals surface area (Å²) >= 11 is 0. The molecule has 0 fully saturated rings. The molecule has 0 aliphatic rings. The Kier molecular flexibility index (Phi) is 7.69. The Hall–Kier alpha value is -1.60. The van der Waals surface area contributed by atoms with Crippen LogP contribution in [0.1, 0.15) is 41.0 Å². The Morgan fingerprint density at radius 3 is 2.33 bits per heavy atom. The van der Waals surface area contributed by atoms with Crippen molar-refractivity contribution < 1.29 is 17.9 Å². The van der Waals surface area contributed by atoms with E-state index in [1.807, 2.05) is 13.8 Å². The number of ether oxygens (including phenoxy) is 1. The van der Waals surface area contributed by atoms with Gasteiger partial charge in [-0.3, -0.25) is 4.79 Å². The molecule has 1 aromatic carbocycles. The molecule has 0 aliphatic carbocycles. The predicted octanol–water partition coefficient (Wildman–Crippen LogP) is 3.10. The average Bonchev–Trinajstić information content (AvgIpc) is 2.49. The Bertz CT molecular complexity index is 653. The summed E-state index contributed by atoms with van der Waals surface area (Å²) in [5.74, 6) is 0.387. The van der Waals surface area contributed by atoms with Gasteiger partial charge in [-0.1, -0.05) is 27.7 Å². The number of rotatable bonds is 9. The molecule has 0 radical (unpaired) electrons. The molecule has 136 valence electrons. The molecule has 0 aromatic heterocycles. The number of benzene rings is 1. The second-order valence-corrected chi connectivity index (χ2v) is 7.74. The number of sulfonamides is 1. The van der Waals surface area contributed by atoms with Crippen LogP contribution in [0.2, 0.25) is 0 Å². The van der Waals surface area contributed by atoms with Crippen molar-refractivity contribution in [3.63, 3.8) is 0 Å². The van der Waals surface area contributed by atoms with E-state index in [0.717, 1.165) is 0 Å². The smallest absolute Gasteiger partial charge is 0.246 e. The molecule has 1 rings (SSSR count). The van der Waals surface area contributed by atoms with Crippen LogP contribution >= 0.6 is 0 Å². The molecule has 0 saturated carbocycles. The van der Waals surface area contributed by atoms with Crippen LogP contribution in [0.15, 0.2) is 23.1 Å². The van der Waals surface area contributed by atoms with Crippen LogP contribution in [-0.4, -0.2) is 38.3 Å². The maximum absolute atomic E-state index is 12.8. The molecule has 1 aromatic rings. The van der Waals surface area contributed by atoms with Crippen LogP contribution in [0, 0.1) is 5.92 Å². The van der Waals surface area contributed by atoms with Crippen LogP contribution in [0.5, 0.6) is 5.75 Å². The number of nitrogens with zero attached hydrogens (tertiary/aromatic N) is 1. The van der Waals surface area contributed by atoms with E-state index in [4.69, 9.17) is 4.74 Å². The van der Waals surface area contributed by atoms with Gasteiger partial charge >= 0.3 is 0 Å². The van der Waals surface area contributed by atoms with E-state index >= 15 is 0 Å². The van der Waals surface area contributed by atoms with Crippen LogP contribution in [0.25, 0.3) is 0 Å². The zero-order valence-corrected chi connectivity index (χ0v) is 15.9. The number of carbonyl (C=O) groups is 1. The van der Waals surface area contributed by atoms with Crippen LogP contribution in [-0.2, 0) is 14.8 Å². The predicted molar refractivity (Wildman–Crippen MR) is 95.8 cm³/mol. The molecule has 6 nitrogen and oxygen atoms in total. The quantitative estimate of drug-likeness (QED) is 0.738. The number of hydrogen-bond acceptors (Lipinski definition) is 4. The van der Waals surface area contributed by atoms with E-state index in [9.17, 15) is 13.2 Å². The summed E-state index contributed by atoms with van der Waals surface area (Å²) in [7, 11) is -3.68. The third-order valence-corrected chi connectivity index (χ3v) is 5.52.